The van der Waals surface area contributed by atoms with Gasteiger partial charge < -0.3 is 5.11 Å². The molecule has 0 bridgehead atoms. The van der Waals surface area contributed by atoms with Gasteiger partial charge in [0.25, 0.3) is 0 Å². The molecular weight excluding hydrogens is 540 g/mol. The topological polar surface area (TPSA) is 91.8 Å². The van der Waals surface area contributed by atoms with E-state index in [1.807, 2.05) is 83.5 Å². The number of carboxylic acid groups (broad SMARTS) is 1. The fourth-order valence-electron chi connectivity index (χ4n) is 5.08. The summed E-state index contributed by atoms with van der Waals surface area (Å²) < 4.78 is 2.01. The lowest BCUT2D eigenvalue weighted by Gasteiger charge is -2.21. The molecule has 1 N–H and O–H groups in total. The number of thioether (sulfide) groups is 1. The van der Waals surface area contributed by atoms with Crippen LogP contribution in [0.5, 0.6) is 0 Å². The minimum absolute atomic E-state index is 0.269. The zero-order valence-corrected chi connectivity index (χ0v) is 24.3. The van der Waals surface area contributed by atoms with Crippen LogP contribution in [0.25, 0.3) is 11.1 Å². The van der Waals surface area contributed by atoms with E-state index in [-0.39, 0.29) is 11.6 Å². The van der Waals surface area contributed by atoms with E-state index in [1.165, 1.54) is 0 Å². The largest absolute Gasteiger partial charge is 0.478 e. The molecule has 0 amide bonds. The fourth-order valence-corrected chi connectivity index (χ4v) is 5.88. The maximum absolute atomic E-state index is 11.7. The zero-order valence-electron chi connectivity index (χ0n) is 23.5. The quantitative estimate of drug-likeness (QED) is 0.120. The number of hydrogen-bond donors (Lipinski definition) is 1. The van der Waals surface area contributed by atoms with Crippen LogP contribution in [0.3, 0.4) is 0 Å². The Balaban J connectivity index is 1.44. The molecule has 0 aliphatic rings. The Bertz CT molecular complexity index is 1690. The molecule has 210 valence electrons. The number of hydrogen-bond acceptors (Lipinski definition) is 5. The number of aryl methyl sites for hydroxylation is 1. The summed E-state index contributed by atoms with van der Waals surface area (Å²) in [5.74, 6) is 0.644. The molecule has 4 aromatic carbocycles. The number of rotatable bonds is 12. The summed E-state index contributed by atoms with van der Waals surface area (Å²) in [4.78, 5) is 16.7. The van der Waals surface area contributed by atoms with Gasteiger partial charge in [-0.05, 0) is 46.4 Å². The molecule has 1 heterocycles. The van der Waals surface area contributed by atoms with E-state index in [9.17, 15) is 15.2 Å². The number of aromatic nitrogens is 3. The van der Waals surface area contributed by atoms with Crippen LogP contribution in [0.2, 0.25) is 0 Å². The highest BCUT2D eigenvalue weighted by Gasteiger charge is 2.24. The number of nitriles is 1. The van der Waals surface area contributed by atoms with Gasteiger partial charge in [0.15, 0.2) is 0 Å². The van der Waals surface area contributed by atoms with Crippen LogP contribution < -0.4 is 0 Å². The van der Waals surface area contributed by atoms with Crippen LogP contribution in [0, 0.1) is 11.3 Å². The standard InChI is InChI=1S/C35H32N4O2S/c1-2-3-5-18-32-37-35(42-24-25-19-21-26(22-20-25)29-15-10-11-17-31(29)34(40)41)38-39(32)33(27-12-6-4-7-13-27)30-16-9-8-14-28(30)23-36/h4,6-17,19-22,33H,2-3,5,18,24H2,1H3,(H,40,41). The molecule has 0 saturated heterocycles. The summed E-state index contributed by atoms with van der Waals surface area (Å²) in [5.41, 5.74) is 5.53. The first-order valence-corrected chi connectivity index (χ1v) is 15.1. The van der Waals surface area contributed by atoms with Gasteiger partial charge in [0.05, 0.1) is 17.2 Å². The normalized spacial score (nSPS) is 11.6. The molecule has 0 radical (unpaired) electrons. The highest BCUT2D eigenvalue weighted by atomic mass is 32.2. The van der Waals surface area contributed by atoms with Gasteiger partial charge in [-0.2, -0.15) is 5.26 Å². The third-order valence-corrected chi connectivity index (χ3v) is 8.12. The first kappa shape index (κ1) is 28.8. The van der Waals surface area contributed by atoms with Gasteiger partial charge in [-0.1, -0.05) is 123 Å². The summed E-state index contributed by atoms with van der Waals surface area (Å²) in [6.45, 7) is 2.19. The van der Waals surface area contributed by atoms with Crippen molar-refractivity contribution in [3.8, 4) is 17.2 Å². The van der Waals surface area contributed by atoms with Crippen molar-refractivity contribution < 1.29 is 9.90 Å². The number of aromatic carboxylic acids is 1. The second-order valence-corrected chi connectivity index (χ2v) is 11.0. The van der Waals surface area contributed by atoms with E-state index in [4.69, 9.17) is 10.1 Å². The predicted octanol–water partition coefficient (Wildman–Crippen LogP) is 8.18. The average molecular weight is 573 g/mol. The molecule has 5 rings (SSSR count). The molecule has 42 heavy (non-hydrogen) atoms. The Morgan fingerprint density at radius 1 is 0.929 bits per heavy atom. The molecule has 1 unspecified atom stereocenters. The lowest BCUT2D eigenvalue weighted by atomic mass is 9.94. The first-order valence-electron chi connectivity index (χ1n) is 14.1. The summed E-state index contributed by atoms with van der Waals surface area (Å²) >= 11 is 1.57. The first-order chi connectivity index (χ1) is 20.6. The molecule has 6 nitrogen and oxygen atoms in total. The van der Waals surface area contributed by atoms with Gasteiger partial charge in [0.1, 0.15) is 11.9 Å². The molecule has 0 aliphatic carbocycles. The summed E-state index contributed by atoms with van der Waals surface area (Å²) in [6.07, 6.45) is 4.04. The molecule has 0 saturated carbocycles. The highest BCUT2D eigenvalue weighted by Crippen LogP contribution is 2.32. The van der Waals surface area contributed by atoms with Gasteiger partial charge >= 0.3 is 5.97 Å². The van der Waals surface area contributed by atoms with Crippen LogP contribution in [0.4, 0.5) is 0 Å². The maximum atomic E-state index is 11.7. The van der Waals surface area contributed by atoms with E-state index >= 15 is 0 Å². The van der Waals surface area contributed by atoms with E-state index in [1.54, 1.807) is 23.9 Å². The van der Waals surface area contributed by atoms with Crippen LogP contribution in [-0.4, -0.2) is 25.8 Å². The van der Waals surface area contributed by atoms with Crippen molar-refractivity contribution in [1.29, 1.82) is 5.26 Å². The Kier molecular flexibility index (Phi) is 9.48. The van der Waals surface area contributed by atoms with Crippen molar-refractivity contribution in [3.63, 3.8) is 0 Å². The Hall–Kier alpha value is -4.67. The Labute approximate surface area is 250 Å². The molecule has 1 aromatic heterocycles. The monoisotopic (exact) mass is 572 g/mol. The third kappa shape index (κ3) is 6.62. The molecular formula is C35H32N4O2S. The van der Waals surface area contributed by atoms with Gasteiger partial charge in [0, 0.05) is 12.2 Å². The van der Waals surface area contributed by atoms with Gasteiger partial charge in [-0.25, -0.2) is 14.5 Å². The number of carbonyl (C=O) groups is 1. The second kappa shape index (κ2) is 13.8. The SMILES string of the molecule is CCCCCc1nc(SCc2ccc(-c3ccccc3C(=O)O)cc2)nn1C(c1ccccc1)c1ccccc1C#N. The smallest absolute Gasteiger partial charge is 0.336 e. The molecule has 0 fully saturated rings. The lowest BCUT2D eigenvalue weighted by Crippen LogP contribution is -2.18. The highest BCUT2D eigenvalue weighted by molar-refractivity contribution is 7.98. The minimum atomic E-state index is -0.937. The Morgan fingerprint density at radius 2 is 1.64 bits per heavy atom. The van der Waals surface area contributed by atoms with Gasteiger partial charge in [-0.3, -0.25) is 0 Å². The van der Waals surface area contributed by atoms with Gasteiger partial charge in [0.2, 0.25) is 5.16 Å². The van der Waals surface area contributed by atoms with Crippen LogP contribution >= 0.6 is 11.8 Å². The van der Waals surface area contributed by atoms with Gasteiger partial charge in [-0.15, -0.1) is 5.10 Å². The van der Waals surface area contributed by atoms with Crippen molar-refractivity contribution in [2.75, 3.05) is 0 Å². The van der Waals surface area contributed by atoms with E-state index < -0.39 is 5.97 Å². The predicted molar refractivity (Wildman–Crippen MR) is 166 cm³/mol. The number of unbranched alkanes of at least 4 members (excludes halogenated alkanes) is 2. The minimum Gasteiger partial charge on any atom is -0.478 e. The summed E-state index contributed by atoms with van der Waals surface area (Å²) in [5, 5.41) is 25.2. The fraction of sp³-hybridized carbons (Fsp3) is 0.200. The van der Waals surface area contributed by atoms with Crippen LogP contribution in [0.15, 0.2) is 108 Å². The van der Waals surface area contributed by atoms with E-state index in [2.05, 4.69) is 25.1 Å². The summed E-state index contributed by atoms with van der Waals surface area (Å²) in [6, 6.07) is 35.0. The number of nitrogens with zero attached hydrogens (tertiary/aromatic N) is 4. The van der Waals surface area contributed by atoms with Crippen molar-refractivity contribution in [3.05, 3.63) is 137 Å². The molecule has 1 atom stereocenters. The number of benzene rings is 4. The lowest BCUT2D eigenvalue weighted by molar-refractivity contribution is 0.0697. The molecule has 0 aliphatic heterocycles. The van der Waals surface area contributed by atoms with Crippen molar-refractivity contribution in [2.45, 2.75) is 49.6 Å². The van der Waals surface area contributed by atoms with Crippen molar-refractivity contribution in [1.82, 2.24) is 14.8 Å². The van der Waals surface area contributed by atoms with Crippen LogP contribution in [0.1, 0.15) is 70.7 Å². The molecule has 7 heteroatoms. The van der Waals surface area contributed by atoms with Crippen LogP contribution in [-0.2, 0) is 12.2 Å². The van der Waals surface area contributed by atoms with E-state index in [0.717, 1.165) is 53.8 Å². The zero-order chi connectivity index (χ0) is 29.3. The Morgan fingerprint density at radius 3 is 2.38 bits per heavy atom. The van der Waals surface area contributed by atoms with Crippen molar-refractivity contribution in [2.24, 2.45) is 0 Å². The van der Waals surface area contributed by atoms with Crippen molar-refractivity contribution >= 4 is 17.7 Å². The number of carboxylic acids is 1. The summed E-state index contributed by atoms with van der Waals surface area (Å²) in [7, 11) is 0. The van der Waals surface area contributed by atoms with E-state index in [0.29, 0.717) is 22.0 Å². The average Bonchev–Trinajstić information content (AvgIpc) is 3.43. The molecule has 5 aromatic rings. The second-order valence-electron chi connectivity index (χ2n) is 10.1. The third-order valence-electron chi connectivity index (χ3n) is 7.21. The molecule has 0 spiro atoms. The maximum Gasteiger partial charge on any atom is 0.336 e.